The summed E-state index contributed by atoms with van der Waals surface area (Å²) < 4.78 is 5.56. The number of carbonyl (C=O) groups is 1. The van der Waals surface area contributed by atoms with E-state index in [-0.39, 0.29) is 12.0 Å². The quantitative estimate of drug-likeness (QED) is 0.618. The Bertz CT molecular complexity index is 939. The Balaban J connectivity index is 1.51. The number of ether oxygens (including phenoxy) is 1. The van der Waals surface area contributed by atoms with E-state index in [0.29, 0.717) is 13.1 Å². The Morgan fingerprint density at radius 1 is 0.941 bits per heavy atom. The number of rotatable bonds is 5. The van der Waals surface area contributed by atoms with Gasteiger partial charge in [-0.25, -0.2) is 4.79 Å². The van der Waals surface area contributed by atoms with Gasteiger partial charge in [-0.05, 0) is 50.3 Å². The lowest BCUT2D eigenvalue weighted by Gasteiger charge is -2.43. The predicted molar refractivity (Wildman–Crippen MR) is 137 cm³/mol. The average Bonchev–Trinajstić information content (AvgIpc) is 2.83. The summed E-state index contributed by atoms with van der Waals surface area (Å²) in [6.07, 6.45) is 4.84. The first-order chi connectivity index (χ1) is 16.2. The molecule has 2 aliphatic rings. The van der Waals surface area contributed by atoms with Crippen LogP contribution in [0.1, 0.15) is 64.4 Å². The largest absolute Gasteiger partial charge is 0.444 e. The highest BCUT2D eigenvalue weighted by Gasteiger charge is 2.40. The van der Waals surface area contributed by atoms with Crippen molar-refractivity contribution >= 4 is 6.09 Å². The summed E-state index contributed by atoms with van der Waals surface area (Å²) in [6.45, 7) is 9.42. The molecule has 1 saturated carbocycles. The summed E-state index contributed by atoms with van der Waals surface area (Å²) in [6, 6.07) is 19.2. The van der Waals surface area contributed by atoms with Gasteiger partial charge in [0.15, 0.2) is 0 Å². The number of carbonyl (C=O) groups excluding carboxylic acids is 1. The van der Waals surface area contributed by atoms with E-state index in [1.807, 2.05) is 31.7 Å². The van der Waals surface area contributed by atoms with Crippen LogP contribution in [0, 0.1) is 0 Å². The van der Waals surface area contributed by atoms with Crippen molar-refractivity contribution in [3.8, 4) is 11.1 Å². The Morgan fingerprint density at radius 2 is 1.59 bits per heavy atom. The third-order valence-corrected chi connectivity index (χ3v) is 7.23. The van der Waals surface area contributed by atoms with Gasteiger partial charge in [-0.2, -0.15) is 0 Å². The van der Waals surface area contributed by atoms with Crippen LogP contribution in [0.5, 0.6) is 0 Å². The first-order valence-electron chi connectivity index (χ1n) is 12.8. The zero-order valence-electron chi connectivity index (χ0n) is 21.0. The van der Waals surface area contributed by atoms with E-state index in [9.17, 15) is 9.90 Å². The Kier molecular flexibility index (Phi) is 7.63. The van der Waals surface area contributed by atoms with Crippen molar-refractivity contribution in [1.82, 2.24) is 9.80 Å². The average molecular weight is 465 g/mol. The Labute approximate surface area is 204 Å². The van der Waals surface area contributed by atoms with Crippen LogP contribution in [0.4, 0.5) is 4.79 Å². The molecule has 1 aliphatic heterocycles. The maximum Gasteiger partial charge on any atom is 0.410 e. The molecule has 184 valence electrons. The van der Waals surface area contributed by atoms with E-state index in [4.69, 9.17) is 4.74 Å². The van der Waals surface area contributed by atoms with E-state index < -0.39 is 11.2 Å². The maximum absolute atomic E-state index is 12.5. The first kappa shape index (κ1) is 24.7. The van der Waals surface area contributed by atoms with Gasteiger partial charge in [0.25, 0.3) is 0 Å². The molecule has 5 nitrogen and oxygen atoms in total. The van der Waals surface area contributed by atoms with Crippen LogP contribution < -0.4 is 0 Å². The van der Waals surface area contributed by atoms with E-state index in [0.717, 1.165) is 45.3 Å². The van der Waals surface area contributed by atoms with Crippen LogP contribution >= 0.6 is 0 Å². The molecule has 0 bridgehead atoms. The summed E-state index contributed by atoms with van der Waals surface area (Å²) in [5, 5.41) is 11.8. The first-order valence-corrected chi connectivity index (χ1v) is 12.8. The fourth-order valence-electron chi connectivity index (χ4n) is 5.36. The summed E-state index contributed by atoms with van der Waals surface area (Å²) in [4.78, 5) is 16.7. The molecule has 1 saturated heterocycles. The fraction of sp³-hybridized carbons (Fsp3) is 0.552. The van der Waals surface area contributed by atoms with Gasteiger partial charge in [-0.1, -0.05) is 73.9 Å². The molecule has 1 heterocycles. The second-order valence-corrected chi connectivity index (χ2v) is 11.0. The van der Waals surface area contributed by atoms with E-state index >= 15 is 0 Å². The monoisotopic (exact) mass is 464 g/mol. The van der Waals surface area contributed by atoms with Crippen LogP contribution in [0.3, 0.4) is 0 Å². The zero-order valence-corrected chi connectivity index (χ0v) is 21.0. The highest BCUT2D eigenvalue weighted by Crippen LogP contribution is 2.41. The van der Waals surface area contributed by atoms with Gasteiger partial charge in [-0.3, -0.25) is 4.90 Å². The number of amides is 1. The van der Waals surface area contributed by atoms with Crippen molar-refractivity contribution in [3.05, 3.63) is 60.2 Å². The predicted octanol–water partition coefficient (Wildman–Crippen LogP) is 5.69. The number of hydrogen-bond acceptors (Lipinski definition) is 4. The molecule has 1 aliphatic carbocycles. The van der Waals surface area contributed by atoms with Crippen LogP contribution in [0.15, 0.2) is 54.6 Å². The molecule has 0 radical (unpaired) electrons. The van der Waals surface area contributed by atoms with Crippen LogP contribution in [-0.4, -0.2) is 64.9 Å². The van der Waals surface area contributed by atoms with Crippen molar-refractivity contribution < 1.29 is 14.6 Å². The molecule has 1 unspecified atom stereocenters. The van der Waals surface area contributed by atoms with E-state index in [2.05, 4.69) is 53.4 Å². The minimum Gasteiger partial charge on any atom is -0.444 e. The van der Waals surface area contributed by atoms with Crippen molar-refractivity contribution in [3.63, 3.8) is 0 Å². The van der Waals surface area contributed by atoms with Crippen LogP contribution in [0.25, 0.3) is 11.1 Å². The molecule has 1 N–H and O–H groups in total. The van der Waals surface area contributed by atoms with E-state index in [1.165, 1.54) is 23.1 Å². The lowest BCUT2D eigenvalue weighted by atomic mass is 9.72. The molecular weight excluding hydrogens is 424 g/mol. The molecule has 1 atom stereocenters. The maximum atomic E-state index is 12.5. The highest BCUT2D eigenvalue weighted by molar-refractivity contribution is 5.68. The van der Waals surface area contributed by atoms with Gasteiger partial charge in [-0.15, -0.1) is 0 Å². The molecule has 4 rings (SSSR count). The van der Waals surface area contributed by atoms with Crippen molar-refractivity contribution in [2.24, 2.45) is 0 Å². The summed E-state index contributed by atoms with van der Waals surface area (Å²) in [7, 11) is 0. The third-order valence-electron chi connectivity index (χ3n) is 7.23. The summed E-state index contributed by atoms with van der Waals surface area (Å²) in [5.41, 5.74) is 2.44. The van der Waals surface area contributed by atoms with Gasteiger partial charge in [0.05, 0.1) is 5.60 Å². The summed E-state index contributed by atoms with van der Waals surface area (Å²) in [5.74, 6) is 0.0459. The Morgan fingerprint density at radius 3 is 2.24 bits per heavy atom. The van der Waals surface area contributed by atoms with Gasteiger partial charge in [0.1, 0.15) is 5.60 Å². The normalized spacial score (nSPS) is 20.1. The zero-order chi connectivity index (χ0) is 24.2. The Hall–Kier alpha value is -2.37. The number of aliphatic hydroxyl groups is 1. The van der Waals surface area contributed by atoms with E-state index in [1.54, 1.807) is 0 Å². The lowest BCUT2D eigenvalue weighted by molar-refractivity contribution is -0.0356. The highest BCUT2D eigenvalue weighted by atomic mass is 16.6. The molecule has 2 aromatic rings. The molecule has 1 amide bonds. The smallest absolute Gasteiger partial charge is 0.410 e. The van der Waals surface area contributed by atoms with Gasteiger partial charge in [0.2, 0.25) is 0 Å². The molecule has 0 spiro atoms. The molecule has 5 heteroatoms. The second-order valence-electron chi connectivity index (χ2n) is 11.0. The van der Waals surface area contributed by atoms with Crippen LogP contribution in [0.2, 0.25) is 0 Å². The lowest BCUT2D eigenvalue weighted by Crippen LogP contribution is -2.52. The number of piperazine rings is 1. The molecule has 2 aromatic carbocycles. The minimum atomic E-state index is -0.685. The minimum absolute atomic E-state index is 0.0459. The number of hydrogen-bond donors (Lipinski definition) is 1. The molecular formula is C29H40N2O3. The SMILES string of the molecule is CC(C)(C)OC(=O)N1CCN(CC(c2cccc(-c3ccccc3)c2)C2(O)CCCCC2)CC1. The third kappa shape index (κ3) is 6.19. The molecule has 34 heavy (non-hydrogen) atoms. The topological polar surface area (TPSA) is 53.0 Å². The standard InChI is InChI=1S/C29H40N2O3/c1-28(2,3)34-27(32)31-19-17-30(18-20-31)22-26(29(33)15-8-5-9-16-29)25-14-10-13-24(21-25)23-11-6-4-7-12-23/h4,6-7,10-14,21,26,33H,5,8-9,15-20,22H2,1-3H3. The molecule has 2 fully saturated rings. The summed E-state index contributed by atoms with van der Waals surface area (Å²) >= 11 is 0. The van der Waals surface area contributed by atoms with Crippen molar-refractivity contribution in [1.29, 1.82) is 0 Å². The fourth-order valence-corrected chi connectivity index (χ4v) is 5.36. The second kappa shape index (κ2) is 10.5. The number of benzene rings is 2. The van der Waals surface area contributed by atoms with Gasteiger partial charge < -0.3 is 14.7 Å². The molecule has 0 aromatic heterocycles. The van der Waals surface area contributed by atoms with Crippen molar-refractivity contribution in [2.45, 2.75) is 70.0 Å². The number of nitrogens with zero attached hydrogens (tertiary/aromatic N) is 2. The van der Waals surface area contributed by atoms with Gasteiger partial charge >= 0.3 is 6.09 Å². The van der Waals surface area contributed by atoms with Crippen LogP contribution in [-0.2, 0) is 4.74 Å². The van der Waals surface area contributed by atoms with Crippen molar-refractivity contribution in [2.75, 3.05) is 32.7 Å². The van der Waals surface area contributed by atoms with Gasteiger partial charge in [0, 0.05) is 38.6 Å².